The zero-order valence-electron chi connectivity index (χ0n) is 15.8. The van der Waals surface area contributed by atoms with Crippen LogP contribution in [0.2, 0.25) is 0 Å². The molecule has 0 aliphatic carbocycles. The number of rotatable bonds is 4. The molecule has 1 saturated heterocycles. The minimum absolute atomic E-state index is 0.0987. The number of nitrogens with zero attached hydrogens (tertiary/aromatic N) is 1. The molecule has 1 aliphatic rings. The number of anilines is 1. The number of halogens is 1. The van der Waals surface area contributed by atoms with E-state index < -0.39 is 5.82 Å². The standard InChI is InChI=1S/C24H21FN2O2/c25-20-12-10-18(11-13-20)23(28)26-22-9-5-4-8-21(22)24(29)27-15-14-19(16-27)17-6-2-1-3-7-17/h1-13,19H,14-16H2,(H,26,28). The van der Waals surface area contributed by atoms with Crippen LogP contribution < -0.4 is 5.32 Å². The highest BCUT2D eigenvalue weighted by atomic mass is 19.1. The second-order valence-electron chi connectivity index (χ2n) is 7.15. The monoisotopic (exact) mass is 388 g/mol. The summed E-state index contributed by atoms with van der Waals surface area (Å²) >= 11 is 0. The van der Waals surface area contributed by atoms with E-state index in [1.54, 1.807) is 24.3 Å². The summed E-state index contributed by atoms with van der Waals surface area (Å²) in [6.07, 6.45) is 0.917. The van der Waals surface area contributed by atoms with E-state index in [-0.39, 0.29) is 11.8 Å². The second-order valence-corrected chi connectivity index (χ2v) is 7.15. The van der Waals surface area contributed by atoms with Gasteiger partial charge in [0.05, 0.1) is 11.3 Å². The third-order valence-corrected chi connectivity index (χ3v) is 5.26. The highest BCUT2D eigenvalue weighted by Crippen LogP contribution is 2.29. The molecule has 1 atom stereocenters. The number of nitrogens with one attached hydrogen (secondary N) is 1. The first kappa shape index (κ1) is 18.9. The molecular formula is C24H21FN2O2. The van der Waals surface area contributed by atoms with Crippen molar-refractivity contribution in [3.05, 3.63) is 101 Å². The quantitative estimate of drug-likeness (QED) is 0.704. The smallest absolute Gasteiger partial charge is 0.255 e. The van der Waals surface area contributed by atoms with E-state index in [0.29, 0.717) is 35.8 Å². The largest absolute Gasteiger partial charge is 0.338 e. The summed E-state index contributed by atoms with van der Waals surface area (Å²) in [6.45, 7) is 1.34. The minimum Gasteiger partial charge on any atom is -0.338 e. The van der Waals surface area contributed by atoms with Crippen LogP contribution in [0.5, 0.6) is 0 Å². The van der Waals surface area contributed by atoms with Gasteiger partial charge in [-0.2, -0.15) is 0 Å². The van der Waals surface area contributed by atoms with E-state index in [0.717, 1.165) is 6.42 Å². The van der Waals surface area contributed by atoms with Crippen LogP contribution >= 0.6 is 0 Å². The normalized spacial score (nSPS) is 15.9. The SMILES string of the molecule is O=C(Nc1ccccc1C(=O)N1CCC(c2ccccc2)C1)c1ccc(F)cc1. The van der Waals surface area contributed by atoms with Crippen molar-refractivity contribution >= 4 is 17.5 Å². The predicted octanol–water partition coefficient (Wildman–Crippen LogP) is 4.71. The number of hydrogen-bond donors (Lipinski definition) is 1. The highest BCUT2D eigenvalue weighted by Gasteiger charge is 2.29. The molecule has 1 aliphatic heterocycles. The lowest BCUT2D eigenvalue weighted by atomic mass is 9.99. The molecule has 4 rings (SSSR count). The third-order valence-electron chi connectivity index (χ3n) is 5.26. The molecule has 0 radical (unpaired) electrons. The predicted molar refractivity (Wildman–Crippen MR) is 110 cm³/mol. The van der Waals surface area contributed by atoms with E-state index in [1.165, 1.54) is 29.8 Å². The van der Waals surface area contributed by atoms with Crippen molar-refractivity contribution in [3.63, 3.8) is 0 Å². The average molecular weight is 388 g/mol. The highest BCUT2D eigenvalue weighted by molar-refractivity contribution is 6.09. The Morgan fingerprint density at radius 3 is 2.34 bits per heavy atom. The summed E-state index contributed by atoms with van der Waals surface area (Å²) in [5, 5.41) is 2.78. The van der Waals surface area contributed by atoms with Crippen molar-refractivity contribution in [2.24, 2.45) is 0 Å². The molecule has 0 bridgehead atoms. The molecule has 0 aromatic heterocycles. The van der Waals surface area contributed by atoms with E-state index in [2.05, 4.69) is 17.4 Å². The summed E-state index contributed by atoms with van der Waals surface area (Å²) in [5.41, 5.74) is 2.48. The second kappa shape index (κ2) is 8.27. The summed E-state index contributed by atoms with van der Waals surface area (Å²) in [6, 6.07) is 22.5. The first-order valence-electron chi connectivity index (χ1n) is 9.62. The Hall–Kier alpha value is -3.47. The fourth-order valence-electron chi connectivity index (χ4n) is 3.69. The van der Waals surface area contributed by atoms with Crippen LogP contribution in [0.25, 0.3) is 0 Å². The van der Waals surface area contributed by atoms with E-state index in [4.69, 9.17) is 0 Å². The van der Waals surface area contributed by atoms with Gasteiger partial charge in [-0.05, 0) is 48.4 Å². The molecule has 1 N–H and O–H groups in total. The van der Waals surface area contributed by atoms with E-state index >= 15 is 0 Å². The molecule has 0 saturated carbocycles. The zero-order chi connectivity index (χ0) is 20.2. The van der Waals surface area contributed by atoms with Crippen LogP contribution in [0.3, 0.4) is 0 Å². The number of carbonyl (C=O) groups excluding carboxylic acids is 2. The lowest BCUT2D eigenvalue weighted by Gasteiger charge is -2.19. The molecule has 0 spiro atoms. The average Bonchev–Trinajstić information content (AvgIpc) is 3.25. The molecule has 29 heavy (non-hydrogen) atoms. The van der Waals surface area contributed by atoms with Crippen LogP contribution in [0, 0.1) is 5.82 Å². The molecule has 2 amide bonds. The number of hydrogen-bond acceptors (Lipinski definition) is 2. The zero-order valence-corrected chi connectivity index (χ0v) is 15.8. The van der Waals surface area contributed by atoms with Gasteiger partial charge >= 0.3 is 0 Å². The number of benzene rings is 3. The summed E-state index contributed by atoms with van der Waals surface area (Å²) in [5.74, 6) is -0.562. The van der Waals surface area contributed by atoms with Crippen LogP contribution in [-0.4, -0.2) is 29.8 Å². The van der Waals surface area contributed by atoms with Gasteiger partial charge in [0, 0.05) is 24.6 Å². The van der Waals surface area contributed by atoms with Gasteiger partial charge in [-0.15, -0.1) is 0 Å². The molecule has 4 nitrogen and oxygen atoms in total. The van der Waals surface area contributed by atoms with Gasteiger partial charge in [-0.3, -0.25) is 9.59 Å². The Kier molecular flexibility index (Phi) is 5.38. The molecule has 3 aromatic rings. The van der Waals surface area contributed by atoms with Gasteiger partial charge in [0.25, 0.3) is 11.8 Å². The van der Waals surface area contributed by atoms with Gasteiger partial charge in [-0.1, -0.05) is 42.5 Å². The maximum Gasteiger partial charge on any atom is 0.255 e. The Morgan fingerprint density at radius 1 is 0.897 bits per heavy atom. The van der Waals surface area contributed by atoms with Crippen molar-refractivity contribution in [2.75, 3.05) is 18.4 Å². The topological polar surface area (TPSA) is 49.4 Å². The van der Waals surface area contributed by atoms with Crippen molar-refractivity contribution in [1.82, 2.24) is 4.90 Å². The number of carbonyl (C=O) groups is 2. The Balaban J connectivity index is 1.50. The maximum absolute atomic E-state index is 13.1. The fourth-order valence-corrected chi connectivity index (χ4v) is 3.69. The molecule has 1 heterocycles. The van der Waals surface area contributed by atoms with Crippen molar-refractivity contribution in [2.45, 2.75) is 12.3 Å². The molecule has 1 fully saturated rings. The van der Waals surface area contributed by atoms with Crippen molar-refractivity contribution in [3.8, 4) is 0 Å². The minimum atomic E-state index is -0.404. The Bertz CT molecular complexity index is 1020. The number of para-hydroxylation sites is 1. The van der Waals surface area contributed by atoms with Crippen LogP contribution in [0.15, 0.2) is 78.9 Å². The molecule has 5 heteroatoms. The van der Waals surface area contributed by atoms with Gasteiger partial charge in [0.15, 0.2) is 0 Å². The molecular weight excluding hydrogens is 367 g/mol. The van der Waals surface area contributed by atoms with Crippen LogP contribution in [-0.2, 0) is 0 Å². The molecule has 1 unspecified atom stereocenters. The molecule has 146 valence electrons. The van der Waals surface area contributed by atoms with Gasteiger partial charge in [0.1, 0.15) is 5.82 Å². The summed E-state index contributed by atoms with van der Waals surface area (Å²) < 4.78 is 13.1. The number of likely N-dealkylation sites (tertiary alicyclic amines) is 1. The lowest BCUT2D eigenvalue weighted by Crippen LogP contribution is -2.29. The maximum atomic E-state index is 13.1. The van der Waals surface area contributed by atoms with E-state index in [9.17, 15) is 14.0 Å². The van der Waals surface area contributed by atoms with Gasteiger partial charge < -0.3 is 10.2 Å². The van der Waals surface area contributed by atoms with Crippen LogP contribution in [0.1, 0.15) is 38.6 Å². The first-order valence-corrected chi connectivity index (χ1v) is 9.62. The first-order chi connectivity index (χ1) is 14.1. The summed E-state index contributed by atoms with van der Waals surface area (Å²) in [4.78, 5) is 27.5. The van der Waals surface area contributed by atoms with E-state index in [1.807, 2.05) is 23.1 Å². The van der Waals surface area contributed by atoms with Crippen LogP contribution in [0.4, 0.5) is 10.1 Å². The van der Waals surface area contributed by atoms with Gasteiger partial charge in [0.2, 0.25) is 0 Å². The fraction of sp³-hybridized carbons (Fsp3) is 0.167. The third kappa shape index (κ3) is 4.19. The Morgan fingerprint density at radius 2 is 1.59 bits per heavy atom. The Labute approximate surface area is 169 Å². The van der Waals surface area contributed by atoms with Crippen molar-refractivity contribution < 1.29 is 14.0 Å². The number of amides is 2. The lowest BCUT2D eigenvalue weighted by molar-refractivity contribution is 0.0792. The van der Waals surface area contributed by atoms with Gasteiger partial charge in [-0.25, -0.2) is 4.39 Å². The summed E-state index contributed by atoms with van der Waals surface area (Å²) in [7, 11) is 0. The molecule has 3 aromatic carbocycles. The van der Waals surface area contributed by atoms with Crippen molar-refractivity contribution in [1.29, 1.82) is 0 Å².